The number of hydrogen-bond donors (Lipinski definition) is 0. The SMILES string of the molecule is Cc1cc(F)c2c(c1)CCCN2C(=O)c1cc(C)c(C)s1. The highest BCUT2D eigenvalue weighted by Gasteiger charge is 2.27. The summed E-state index contributed by atoms with van der Waals surface area (Å²) in [6, 6.07) is 5.40. The molecule has 110 valence electrons. The number of hydrogen-bond acceptors (Lipinski definition) is 2. The fraction of sp³-hybridized carbons (Fsp3) is 0.353. The van der Waals surface area contributed by atoms with E-state index in [1.165, 1.54) is 17.4 Å². The van der Waals surface area contributed by atoms with Crippen LogP contribution in [0.15, 0.2) is 18.2 Å². The molecule has 0 bridgehead atoms. The quantitative estimate of drug-likeness (QED) is 0.764. The number of anilines is 1. The molecule has 1 aliphatic heterocycles. The van der Waals surface area contributed by atoms with Crippen LogP contribution in [0.5, 0.6) is 0 Å². The third kappa shape index (κ3) is 2.48. The van der Waals surface area contributed by atoms with Crippen molar-refractivity contribution in [3.63, 3.8) is 0 Å². The van der Waals surface area contributed by atoms with E-state index in [4.69, 9.17) is 0 Å². The van der Waals surface area contributed by atoms with E-state index in [9.17, 15) is 9.18 Å². The minimum absolute atomic E-state index is 0.0834. The molecule has 1 aliphatic rings. The second kappa shape index (κ2) is 5.26. The summed E-state index contributed by atoms with van der Waals surface area (Å²) in [7, 11) is 0. The third-order valence-corrected chi connectivity index (χ3v) is 5.15. The Labute approximate surface area is 128 Å². The average Bonchev–Trinajstić information content (AvgIpc) is 2.77. The first-order valence-electron chi connectivity index (χ1n) is 7.15. The van der Waals surface area contributed by atoms with E-state index in [-0.39, 0.29) is 11.7 Å². The number of benzene rings is 1. The second-order valence-electron chi connectivity index (χ2n) is 5.66. The van der Waals surface area contributed by atoms with Gasteiger partial charge in [-0.3, -0.25) is 4.79 Å². The molecule has 0 aliphatic carbocycles. The van der Waals surface area contributed by atoms with Crippen LogP contribution in [0.25, 0.3) is 0 Å². The van der Waals surface area contributed by atoms with Crippen molar-refractivity contribution in [1.82, 2.24) is 0 Å². The molecule has 0 saturated heterocycles. The first kappa shape index (κ1) is 14.3. The molecule has 0 spiro atoms. The maximum absolute atomic E-state index is 14.4. The van der Waals surface area contributed by atoms with Crippen molar-refractivity contribution in [1.29, 1.82) is 0 Å². The lowest BCUT2D eigenvalue weighted by Gasteiger charge is -2.29. The Kier molecular flexibility index (Phi) is 3.57. The second-order valence-corrected chi connectivity index (χ2v) is 6.92. The molecule has 0 fully saturated rings. The van der Waals surface area contributed by atoms with E-state index < -0.39 is 0 Å². The smallest absolute Gasteiger partial charge is 0.268 e. The van der Waals surface area contributed by atoms with Gasteiger partial charge in [-0.1, -0.05) is 6.07 Å². The van der Waals surface area contributed by atoms with Gasteiger partial charge in [-0.25, -0.2) is 4.39 Å². The van der Waals surface area contributed by atoms with Gasteiger partial charge in [0.25, 0.3) is 5.91 Å². The highest BCUT2D eigenvalue weighted by atomic mass is 32.1. The molecule has 1 aromatic carbocycles. The van der Waals surface area contributed by atoms with Crippen molar-refractivity contribution in [3.8, 4) is 0 Å². The molecule has 4 heteroatoms. The summed E-state index contributed by atoms with van der Waals surface area (Å²) in [6.45, 7) is 6.47. The number of aryl methyl sites for hydroxylation is 4. The zero-order valence-electron chi connectivity index (χ0n) is 12.5. The molecule has 0 saturated carbocycles. The van der Waals surface area contributed by atoms with Crippen molar-refractivity contribution < 1.29 is 9.18 Å². The summed E-state index contributed by atoms with van der Waals surface area (Å²) in [5.41, 5.74) is 3.44. The first-order valence-corrected chi connectivity index (χ1v) is 7.97. The number of carbonyl (C=O) groups is 1. The first-order chi connectivity index (χ1) is 9.97. The molecule has 3 rings (SSSR count). The number of nitrogens with zero attached hydrogens (tertiary/aromatic N) is 1. The zero-order valence-corrected chi connectivity index (χ0v) is 13.3. The number of rotatable bonds is 1. The Balaban J connectivity index is 2.04. The number of fused-ring (bicyclic) bond motifs is 1. The molecule has 0 unspecified atom stereocenters. The fourth-order valence-electron chi connectivity index (χ4n) is 2.85. The van der Waals surface area contributed by atoms with E-state index in [1.807, 2.05) is 32.9 Å². The molecule has 1 aromatic heterocycles. The molecule has 2 aromatic rings. The monoisotopic (exact) mass is 303 g/mol. The van der Waals surface area contributed by atoms with Crippen LogP contribution >= 0.6 is 11.3 Å². The highest BCUT2D eigenvalue weighted by Crippen LogP contribution is 2.33. The van der Waals surface area contributed by atoms with Crippen LogP contribution in [0.2, 0.25) is 0 Å². The van der Waals surface area contributed by atoms with E-state index in [0.717, 1.165) is 34.4 Å². The van der Waals surface area contributed by atoms with Crippen LogP contribution in [0.1, 0.15) is 37.7 Å². The van der Waals surface area contributed by atoms with E-state index in [2.05, 4.69) is 0 Å². The van der Waals surface area contributed by atoms with Crippen LogP contribution in [0, 0.1) is 26.6 Å². The van der Waals surface area contributed by atoms with Gasteiger partial charge in [0.05, 0.1) is 10.6 Å². The maximum atomic E-state index is 14.4. The lowest BCUT2D eigenvalue weighted by atomic mass is 9.99. The fourth-order valence-corrected chi connectivity index (χ4v) is 3.84. The largest absolute Gasteiger partial charge is 0.305 e. The topological polar surface area (TPSA) is 20.3 Å². The average molecular weight is 303 g/mol. The van der Waals surface area contributed by atoms with Crippen molar-refractivity contribution >= 4 is 22.9 Å². The van der Waals surface area contributed by atoms with Gasteiger partial charge in [-0.05, 0) is 62.4 Å². The van der Waals surface area contributed by atoms with Gasteiger partial charge in [0.2, 0.25) is 0 Å². The standard InChI is InChI=1S/C17H18FNOS/c1-10-7-13-5-4-6-19(16(13)14(18)8-10)17(20)15-9-11(2)12(3)21-15/h7-9H,4-6H2,1-3H3. The van der Waals surface area contributed by atoms with E-state index in [1.54, 1.807) is 4.90 Å². The van der Waals surface area contributed by atoms with Gasteiger partial charge in [0, 0.05) is 11.4 Å². The maximum Gasteiger partial charge on any atom is 0.268 e. The van der Waals surface area contributed by atoms with Crippen LogP contribution in [0.3, 0.4) is 0 Å². The van der Waals surface area contributed by atoms with Crippen molar-refractivity contribution in [2.75, 3.05) is 11.4 Å². The number of halogens is 1. The Morgan fingerprint density at radius 2 is 2.00 bits per heavy atom. The Morgan fingerprint density at radius 3 is 2.67 bits per heavy atom. The van der Waals surface area contributed by atoms with Crippen molar-refractivity contribution in [3.05, 3.63) is 50.5 Å². The minimum atomic E-state index is -0.289. The molecule has 2 nitrogen and oxygen atoms in total. The predicted molar refractivity (Wildman–Crippen MR) is 84.9 cm³/mol. The Morgan fingerprint density at radius 1 is 1.24 bits per heavy atom. The van der Waals surface area contributed by atoms with Gasteiger partial charge in [-0.15, -0.1) is 11.3 Å². The summed E-state index contributed by atoms with van der Waals surface area (Å²) in [6.07, 6.45) is 1.71. The summed E-state index contributed by atoms with van der Waals surface area (Å²) >= 11 is 1.49. The number of carbonyl (C=O) groups excluding carboxylic acids is 1. The van der Waals surface area contributed by atoms with Crippen molar-refractivity contribution in [2.24, 2.45) is 0 Å². The Bertz CT molecular complexity index is 700. The molecular formula is C17H18FNOS. The van der Waals surface area contributed by atoms with Gasteiger partial charge in [-0.2, -0.15) is 0 Å². The van der Waals surface area contributed by atoms with Crippen LogP contribution in [-0.2, 0) is 6.42 Å². The molecule has 21 heavy (non-hydrogen) atoms. The molecule has 0 atom stereocenters. The van der Waals surface area contributed by atoms with Crippen LogP contribution < -0.4 is 4.90 Å². The predicted octanol–water partition coefficient (Wildman–Crippen LogP) is 4.41. The van der Waals surface area contributed by atoms with Crippen LogP contribution in [0.4, 0.5) is 10.1 Å². The van der Waals surface area contributed by atoms with Gasteiger partial charge in [0.15, 0.2) is 0 Å². The third-order valence-electron chi connectivity index (χ3n) is 4.01. The van der Waals surface area contributed by atoms with E-state index >= 15 is 0 Å². The lowest BCUT2D eigenvalue weighted by Crippen LogP contribution is -2.36. The summed E-state index contributed by atoms with van der Waals surface area (Å²) in [5.74, 6) is -0.372. The molecule has 2 heterocycles. The molecular weight excluding hydrogens is 285 g/mol. The molecule has 0 N–H and O–H groups in total. The zero-order chi connectivity index (χ0) is 15.1. The summed E-state index contributed by atoms with van der Waals surface area (Å²) in [4.78, 5) is 16.2. The number of thiophene rings is 1. The number of amides is 1. The van der Waals surface area contributed by atoms with Gasteiger partial charge < -0.3 is 4.90 Å². The normalized spacial score (nSPS) is 14.2. The Hall–Kier alpha value is -1.68. The van der Waals surface area contributed by atoms with Crippen LogP contribution in [-0.4, -0.2) is 12.5 Å². The van der Waals surface area contributed by atoms with Crippen molar-refractivity contribution in [2.45, 2.75) is 33.6 Å². The lowest BCUT2D eigenvalue weighted by molar-refractivity contribution is 0.0988. The highest BCUT2D eigenvalue weighted by molar-refractivity contribution is 7.14. The summed E-state index contributed by atoms with van der Waals surface area (Å²) < 4.78 is 14.4. The van der Waals surface area contributed by atoms with Gasteiger partial charge in [0.1, 0.15) is 5.82 Å². The molecule has 1 amide bonds. The van der Waals surface area contributed by atoms with Gasteiger partial charge >= 0.3 is 0 Å². The van der Waals surface area contributed by atoms with E-state index in [0.29, 0.717) is 17.1 Å². The molecule has 0 radical (unpaired) electrons. The summed E-state index contributed by atoms with van der Waals surface area (Å²) in [5, 5.41) is 0. The minimum Gasteiger partial charge on any atom is -0.305 e.